The molecule has 3 aliphatic rings. The molecule has 7 nitrogen and oxygen atoms in total. The SMILES string of the molecule is COc1ccc2c(c1)CCOC21CCN(Cc2cnc(NCC3CCCO3)nc2)CC1. The first kappa shape index (κ1) is 20.7. The summed E-state index contributed by atoms with van der Waals surface area (Å²) in [5.41, 5.74) is 3.72. The van der Waals surface area contributed by atoms with Gasteiger partial charge >= 0.3 is 0 Å². The number of fused-ring (bicyclic) bond motifs is 2. The predicted octanol–water partition coefficient (Wildman–Crippen LogP) is 3.14. The third-order valence-electron chi connectivity index (χ3n) is 6.84. The third kappa shape index (κ3) is 4.54. The van der Waals surface area contributed by atoms with Crippen molar-refractivity contribution in [3.05, 3.63) is 47.3 Å². The molecule has 1 atom stereocenters. The summed E-state index contributed by atoms with van der Waals surface area (Å²) in [4.78, 5) is 11.5. The Kier molecular flexibility index (Phi) is 6.07. The van der Waals surface area contributed by atoms with Crippen molar-refractivity contribution in [3.63, 3.8) is 0 Å². The van der Waals surface area contributed by atoms with Crippen molar-refractivity contribution in [2.45, 2.75) is 50.4 Å². The van der Waals surface area contributed by atoms with E-state index in [1.165, 1.54) is 11.1 Å². The molecular weight excluding hydrogens is 392 g/mol. The number of hydrogen-bond donors (Lipinski definition) is 1. The molecule has 5 rings (SSSR count). The zero-order valence-electron chi connectivity index (χ0n) is 18.3. The van der Waals surface area contributed by atoms with Crippen molar-refractivity contribution in [3.8, 4) is 5.75 Å². The summed E-state index contributed by atoms with van der Waals surface area (Å²) in [6.07, 6.45) is 9.40. The molecule has 7 heteroatoms. The van der Waals surface area contributed by atoms with Crippen LogP contribution in [0.3, 0.4) is 0 Å². The number of hydrogen-bond acceptors (Lipinski definition) is 7. The first-order valence-electron chi connectivity index (χ1n) is 11.4. The number of benzene rings is 1. The number of nitrogens with one attached hydrogen (secondary N) is 1. The molecule has 1 aromatic carbocycles. The molecule has 1 spiro atoms. The molecule has 2 fully saturated rings. The van der Waals surface area contributed by atoms with Crippen LogP contribution in [0.2, 0.25) is 0 Å². The Morgan fingerprint density at radius 2 is 2.03 bits per heavy atom. The van der Waals surface area contributed by atoms with Crippen molar-refractivity contribution >= 4 is 5.95 Å². The van der Waals surface area contributed by atoms with Crippen molar-refractivity contribution in [1.82, 2.24) is 14.9 Å². The lowest BCUT2D eigenvalue weighted by molar-refractivity contribution is -0.0989. The van der Waals surface area contributed by atoms with Crippen LogP contribution in [0.25, 0.3) is 0 Å². The second-order valence-corrected chi connectivity index (χ2v) is 8.82. The number of rotatable bonds is 6. The van der Waals surface area contributed by atoms with E-state index in [1.54, 1.807) is 7.11 Å². The van der Waals surface area contributed by atoms with E-state index in [1.807, 2.05) is 12.4 Å². The summed E-state index contributed by atoms with van der Waals surface area (Å²) < 4.78 is 17.4. The van der Waals surface area contributed by atoms with Gasteiger partial charge in [0.05, 0.1) is 25.4 Å². The Hall–Kier alpha value is -2.22. The van der Waals surface area contributed by atoms with E-state index < -0.39 is 0 Å². The standard InChI is InChI=1S/C24H32N4O3/c1-29-20-4-5-22-19(13-20)6-12-31-24(22)7-9-28(10-8-24)17-18-14-25-23(26-15-18)27-16-21-3-2-11-30-21/h4-5,13-15,21H,2-3,6-12,16-17H2,1H3,(H,25,26,27). The average Bonchev–Trinajstić information content (AvgIpc) is 3.34. The second-order valence-electron chi connectivity index (χ2n) is 8.82. The summed E-state index contributed by atoms with van der Waals surface area (Å²) in [6.45, 7) is 5.32. The number of methoxy groups -OCH3 is 1. The van der Waals surface area contributed by atoms with E-state index in [-0.39, 0.29) is 11.7 Å². The summed E-state index contributed by atoms with van der Waals surface area (Å²) in [5, 5.41) is 3.29. The van der Waals surface area contributed by atoms with Crippen LogP contribution in [-0.4, -0.2) is 60.9 Å². The quantitative estimate of drug-likeness (QED) is 0.764. The van der Waals surface area contributed by atoms with Crippen molar-refractivity contribution < 1.29 is 14.2 Å². The number of piperidine rings is 1. The summed E-state index contributed by atoms with van der Waals surface area (Å²) in [6, 6.07) is 6.45. The van der Waals surface area contributed by atoms with Gasteiger partial charge in [-0.1, -0.05) is 6.07 Å². The predicted molar refractivity (Wildman–Crippen MR) is 118 cm³/mol. The first-order chi connectivity index (χ1) is 15.2. The van der Waals surface area contributed by atoms with Gasteiger partial charge in [0.2, 0.25) is 5.95 Å². The fraction of sp³-hybridized carbons (Fsp3) is 0.583. The lowest BCUT2D eigenvalue weighted by Crippen LogP contribution is -2.46. The molecule has 2 saturated heterocycles. The Morgan fingerprint density at radius 1 is 1.19 bits per heavy atom. The van der Waals surface area contributed by atoms with Gasteiger partial charge in [-0.3, -0.25) is 4.90 Å². The van der Waals surface area contributed by atoms with Crippen LogP contribution in [-0.2, 0) is 28.0 Å². The van der Waals surface area contributed by atoms with Gasteiger partial charge in [-0.05, 0) is 55.4 Å². The van der Waals surface area contributed by atoms with E-state index in [0.717, 1.165) is 82.8 Å². The van der Waals surface area contributed by atoms with E-state index in [4.69, 9.17) is 14.2 Å². The highest BCUT2D eigenvalue weighted by atomic mass is 16.5. The normalized spacial score (nSPS) is 22.9. The minimum absolute atomic E-state index is 0.150. The van der Waals surface area contributed by atoms with Crippen molar-refractivity contribution in [2.75, 3.05) is 45.3 Å². The van der Waals surface area contributed by atoms with Crippen LogP contribution < -0.4 is 10.1 Å². The third-order valence-corrected chi connectivity index (χ3v) is 6.84. The molecule has 2 aromatic rings. The Balaban J connectivity index is 1.16. The molecule has 0 bridgehead atoms. The zero-order valence-corrected chi connectivity index (χ0v) is 18.3. The number of anilines is 1. The summed E-state index contributed by atoms with van der Waals surface area (Å²) >= 11 is 0. The lowest BCUT2D eigenvalue weighted by atomic mass is 9.79. The van der Waals surface area contributed by atoms with E-state index in [9.17, 15) is 0 Å². The van der Waals surface area contributed by atoms with Crippen LogP contribution in [0.1, 0.15) is 42.4 Å². The summed E-state index contributed by atoms with van der Waals surface area (Å²) in [5.74, 6) is 1.61. The highest BCUT2D eigenvalue weighted by Gasteiger charge is 2.40. The maximum absolute atomic E-state index is 6.38. The minimum atomic E-state index is -0.150. The maximum atomic E-state index is 6.38. The van der Waals surface area contributed by atoms with Gasteiger partial charge in [0, 0.05) is 50.7 Å². The largest absolute Gasteiger partial charge is 0.497 e. The maximum Gasteiger partial charge on any atom is 0.222 e. The second kappa shape index (κ2) is 9.10. The van der Waals surface area contributed by atoms with E-state index >= 15 is 0 Å². The Morgan fingerprint density at radius 3 is 2.77 bits per heavy atom. The highest BCUT2D eigenvalue weighted by Crippen LogP contribution is 2.42. The molecule has 0 radical (unpaired) electrons. The smallest absolute Gasteiger partial charge is 0.222 e. The molecule has 166 valence electrons. The van der Waals surface area contributed by atoms with Gasteiger partial charge in [0.15, 0.2) is 0 Å². The van der Waals surface area contributed by atoms with Gasteiger partial charge in [-0.25, -0.2) is 9.97 Å². The lowest BCUT2D eigenvalue weighted by Gasteiger charge is -2.45. The zero-order chi connectivity index (χ0) is 21.1. The molecule has 1 unspecified atom stereocenters. The molecule has 1 N–H and O–H groups in total. The van der Waals surface area contributed by atoms with Gasteiger partial charge in [0.25, 0.3) is 0 Å². The number of likely N-dealkylation sites (tertiary alicyclic amines) is 1. The molecule has 0 saturated carbocycles. The molecule has 4 heterocycles. The van der Waals surface area contributed by atoms with Crippen LogP contribution in [0.5, 0.6) is 5.75 Å². The van der Waals surface area contributed by atoms with E-state index in [2.05, 4.69) is 38.4 Å². The highest BCUT2D eigenvalue weighted by molar-refractivity contribution is 5.41. The van der Waals surface area contributed by atoms with E-state index in [0.29, 0.717) is 5.95 Å². The summed E-state index contributed by atoms with van der Waals surface area (Å²) in [7, 11) is 1.73. The molecule has 1 aromatic heterocycles. The van der Waals surface area contributed by atoms with Crippen LogP contribution in [0, 0.1) is 0 Å². The fourth-order valence-corrected chi connectivity index (χ4v) is 5.06. The van der Waals surface area contributed by atoms with Crippen LogP contribution in [0.15, 0.2) is 30.6 Å². The number of nitrogens with zero attached hydrogens (tertiary/aromatic N) is 3. The molecule has 3 aliphatic heterocycles. The van der Waals surface area contributed by atoms with Crippen molar-refractivity contribution in [1.29, 1.82) is 0 Å². The van der Waals surface area contributed by atoms with Gasteiger partial charge < -0.3 is 19.5 Å². The molecule has 0 amide bonds. The Labute approximate surface area is 184 Å². The van der Waals surface area contributed by atoms with Gasteiger partial charge in [-0.2, -0.15) is 0 Å². The number of ether oxygens (including phenoxy) is 3. The number of aromatic nitrogens is 2. The van der Waals surface area contributed by atoms with Crippen LogP contribution in [0.4, 0.5) is 5.95 Å². The molecule has 31 heavy (non-hydrogen) atoms. The molecule has 0 aliphatic carbocycles. The monoisotopic (exact) mass is 424 g/mol. The fourth-order valence-electron chi connectivity index (χ4n) is 5.06. The Bertz CT molecular complexity index is 875. The topological polar surface area (TPSA) is 68.7 Å². The minimum Gasteiger partial charge on any atom is -0.497 e. The van der Waals surface area contributed by atoms with Gasteiger partial charge in [0.1, 0.15) is 5.75 Å². The molecular formula is C24H32N4O3. The average molecular weight is 425 g/mol. The van der Waals surface area contributed by atoms with Crippen LogP contribution >= 0.6 is 0 Å². The first-order valence-corrected chi connectivity index (χ1v) is 11.4. The van der Waals surface area contributed by atoms with Crippen molar-refractivity contribution in [2.24, 2.45) is 0 Å². The van der Waals surface area contributed by atoms with Gasteiger partial charge in [-0.15, -0.1) is 0 Å².